The lowest BCUT2D eigenvalue weighted by Gasteiger charge is -2.48. The number of nitrogens with zero attached hydrogens (tertiary/aromatic N) is 1. The van der Waals surface area contributed by atoms with Crippen LogP contribution in [0.1, 0.15) is 45.6 Å². The summed E-state index contributed by atoms with van der Waals surface area (Å²) in [5, 5.41) is 3.75. The summed E-state index contributed by atoms with van der Waals surface area (Å²) in [5.41, 5.74) is 1.80. The third kappa shape index (κ3) is 3.62. The molecule has 2 atom stereocenters. The summed E-state index contributed by atoms with van der Waals surface area (Å²) in [6.07, 6.45) is 3.99. The van der Waals surface area contributed by atoms with Crippen LogP contribution in [-0.4, -0.2) is 30.6 Å². The smallest absolute Gasteiger partial charge is 0.0274 e. The maximum absolute atomic E-state index is 3.75. The van der Waals surface area contributed by atoms with Crippen molar-refractivity contribution in [3.8, 4) is 0 Å². The fraction of sp³-hybridized carbons (Fsp3) is 0.667. The van der Waals surface area contributed by atoms with Gasteiger partial charge in [0.25, 0.3) is 0 Å². The molecule has 0 radical (unpaired) electrons. The summed E-state index contributed by atoms with van der Waals surface area (Å²) in [7, 11) is 2.28. The minimum Gasteiger partial charge on any atom is -0.312 e. The standard InChI is InChI=1S/C18H30N2/c1-5-19-17-16(12-9-13-18(17,2)3)20(4)14-15-10-7-6-8-11-15/h6-8,10-11,16-17,19H,5,9,12-14H2,1-4H3. The van der Waals surface area contributed by atoms with E-state index >= 15 is 0 Å². The van der Waals surface area contributed by atoms with Gasteiger partial charge in [-0.3, -0.25) is 4.90 Å². The Hall–Kier alpha value is -0.860. The molecule has 0 aliphatic heterocycles. The minimum atomic E-state index is 0.393. The molecular formula is C18H30N2. The highest BCUT2D eigenvalue weighted by Crippen LogP contribution is 2.37. The van der Waals surface area contributed by atoms with Crippen molar-refractivity contribution in [2.45, 2.75) is 58.7 Å². The summed E-state index contributed by atoms with van der Waals surface area (Å²) in [5.74, 6) is 0. The minimum absolute atomic E-state index is 0.393. The molecule has 1 saturated carbocycles. The van der Waals surface area contributed by atoms with Gasteiger partial charge in [0.2, 0.25) is 0 Å². The SMILES string of the molecule is CCNC1C(N(C)Cc2ccccc2)CCCC1(C)C. The third-order valence-corrected chi connectivity index (χ3v) is 4.81. The molecule has 0 bridgehead atoms. The number of nitrogens with one attached hydrogen (secondary N) is 1. The van der Waals surface area contributed by atoms with E-state index < -0.39 is 0 Å². The Kier molecular flexibility index (Phi) is 5.22. The van der Waals surface area contributed by atoms with E-state index in [0.717, 1.165) is 13.1 Å². The first-order valence-electron chi connectivity index (χ1n) is 8.02. The number of benzene rings is 1. The summed E-state index contributed by atoms with van der Waals surface area (Å²) in [4.78, 5) is 2.55. The zero-order valence-electron chi connectivity index (χ0n) is 13.5. The molecule has 112 valence electrons. The Balaban J connectivity index is 2.08. The zero-order chi connectivity index (χ0) is 14.6. The molecule has 20 heavy (non-hydrogen) atoms. The highest BCUT2D eigenvalue weighted by atomic mass is 15.2. The Morgan fingerprint density at radius 3 is 2.60 bits per heavy atom. The monoisotopic (exact) mass is 274 g/mol. The summed E-state index contributed by atoms with van der Waals surface area (Å²) >= 11 is 0. The van der Waals surface area contributed by atoms with Gasteiger partial charge in [-0.25, -0.2) is 0 Å². The first-order valence-corrected chi connectivity index (χ1v) is 8.02. The van der Waals surface area contributed by atoms with Crippen LogP contribution >= 0.6 is 0 Å². The van der Waals surface area contributed by atoms with E-state index in [1.807, 2.05) is 0 Å². The summed E-state index contributed by atoms with van der Waals surface area (Å²) in [6, 6.07) is 12.0. The van der Waals surface area contributed by atoms with Crippen LogP contribution in [0.3, 0.4) is 0 Å². The molecular weight excluding hydrogens is 244 g/mol. The van der Waals surface area contributed by atoms with Crippen LogP contribution in [0.4, 0.5) is 0 Å². The fourth-order valence-electron chi connectivity index (χ4n) is 3.71. The van der Waals surface area contributed by atoms with Crippen molar-refractivity contribution in [2.75, 3.05) is 13.6 Å². The lowest BCUT2D eigenvalue weighted by Crippen LogP contribution is -2.57. The van der Waals surface area contributed by atoms with Gasteiger partial charge >= 0.3 is 0 Å². The average molecular weight is 274 g/mol. The van der Waals surface area contributed by atoms with E-state index in [4.69, 9.17) is 0 Å². The quantitative estimate of drug-likeness (QED) is 0.881. The second kappa shape index (κ2) is 6.73. The van der Waals surface area contributed by atoms with Crippen molar-refractivity contribution in [1.82, 2.24) is 10.2 Å². The van der Waals surface area contributed by atoms with Gasteiger partial charge in [-0.15, -0.1) is 0 Å². The van der Waals surface area contributed by atoms with Gasteiger partial charge in [-0.2, -0.15) is 0 Å². The molecule has 2 rings (SSSR count). The molecule has 2 unspecified atom stereocenters. The maximum atomic E-state index is 3.75. The Morgan fingerprint density at radius 1 is 1.25 bits per heavy atom. The van der Waals surface area contributed by atoms with Crippen LogP contribution in [0.25, 0.3) is 0 Å². The number of rotatable bonds is 5. The van der Waals surface area contributed by atoms with Crippen LogP contribution in [-0.2, 0) is 6.54 Å². The molecule has 0 saturated heterocycles. The lowest BCUT2D eigenvalue weighted by atomic mass is 9.70. The van der Waals surface area contributed by atoms with Crippen LogP contribution in [0.5, 0.6) is 0 Å². The first kappa shape index (κ1) is 15.5. The fourth-order valence-corrected chi connectivity index (χ4v) is 3.71. The molecule has 1 aromatic carbocycles. The molecule has 1 aliphatic carbocycles. The molecule has 0 amide bonds. The van der Waals surface area contributed by atoms with Crippen LogP contribution < -0.4 is 5.32 Å². The van der Waals surface area contributed by atoms with Gasteiger partial charge in [0.1, 0.15) is 0 Å². The van der Waals surface area contributed by atoms with Gasteiger partial charge in [-0.1, -0.05) is 57.5 Å². The van der Waals surface area contributed by atoms with E-state index in [9.17, 15) is 0 Å². The van der Waals surface area contributed by atoms with E-state index in [1.54, 1.807) is 0 Å². The molecule has 1 aromatic rings. The maximum Gasteiger partial charge on any atom is 0.0274 e. The van der Waals surface area contributed by atoms with Crippen molar-refractivity contribution in [2.24, 2.45) is 5.41 Å². The average Bonchev–Trinajstić information content (AvgIpc) is 2.42. The molecule has 0 spiro atoms. The van der Waals surface area contributed by atoms with Gasteiger partial charge in [0, 0.05) is 18.6 Å². The van der Waals surface area contributed by atoms with Crippen molar-refractivity contribution in [3.63, 3.8) is 0 Å². The summed E-state index contributed by atoms with van der Waals surface area (Å²) in [6.45, 7) is 9.16. The molecule has 1 fully saturated rings. The van der Waals surface area contributed by atoms with Crippen molar-refractivity contribution < 1.29 is 0 Å². The van der Waals surface area contributed by atoms with Crippen LogP contribution in [0, 0.1) is 5.41 Å². The zero-order valence-corrected chi connectivity index (χ0v) is 13.5. The predicted octanol–water partition coefficient (Wildman–Crippen LogP) is 3.68. The van der Waals surface area contributed by atoms with Crippen molar-refractivity contribution >= 4 is 0 Å². The Bertz CT molecular complexity index is 399. The van der Waals surface area contributed by atoms with Gasteiger partial charge < -0.3 is 5.32 Å². The van der Waals surface area contributed by atoms with E-state index in [1.165, 1.54) is 24.8 Å². The van der Waals surface area contributed by atoms with Gasteiger partial charge in [0.15, 0.2) is 0 Å². The van der Waals surface area contributed by atoms with E-state index in [-0.39, 0.29) is 0 Å². The second-order valence-electron chi connectivity index (χ2n) is 6.88. The van der Waals surface area contributed by atoms with Gasteiger partial charge in [-0.05, 0) is 37.4 Å². The lowest BCUT2D eigenvalue weighted by molar-refractivity contribution is 0.0598. The number of hydrogen-bond acceptors (Lipinski definition) is 2. The second-order valence-corrected chi connectivity index (χ2v) is 6.88. The molecule has 0 aromatic heterocycles. The van der Waals surface area contributed by atoms with Crippen LogP contribution in [0.2, 0.25) is 0 Å². The summed E-state index contributed by atoms with van der Waals surface area (Å²) < 4.78 is 0. The highest BCUT2D eigenvalue weighted by Gasteiger charge is 2.39. The molecule has 0 heterocycles. The topological polar surface area (TPSA) is 15.3 Å². The van der Waals surface area contributed by atoms with Crippen LogP contribution in [0.15, 0.2) is 30.3 Å². The first-order chi connectivity index (χ1) is 9.54. The predicted molar refractivity (Wildman–Crippen MR) is 86.8 cm³/mol. The Morgan fingerprint density at radius 2 is 1.95 bits per heavy atom. The Labute approximate surface area is 124 Å². The van der Waals surface area contributed by atoms with E-state index in [0.29, 0.717) is 17.5 Å². The largest absolute Gasteiger partial charge is 0.312 e. The molecule has 1 N–H and O–H groups in total. The third-order valence-electron chi connectivity index (χ3n) is 4.81. The molecule has 2 nitrogen and oxygen atoms in total. The van der Waals surface area contributed by atoms with E-state index in [2.05, 4.69) is 68.4 Å². The molecule has 2 heteroatoms. The number of hydrogen-bond donors (Lipinski definition) is 1. The number of likely N-dealkylation sites (N-methyl/N-ethyl adjacent to an activating group) is 2. The molecule has 1 aliphatic rings. The normalized spacial score (nSPS) is 25.9. The van der Waals surface area contributed by atoms with Crippen molar-refractivity contribution in [3.05, 3.63) is 35.9 Å². The van der Waals surface area contributed by atoms with Crippen molar-refractivity contribution in [1.29, 1.82) is 0 Å². The highest BCUT2D eigenvalue weighted by molar-refractivity contribution is 5.14. The van der Waals surface area contributed by atoms with Gasteiger partial charge in [0.05, 0.1) is 0 Å².